The second kappa shape index (κ2) is 5.89. The molecular formula is C14H21NOS. The zero-order valence-corrected chi connectivity index (χ0v) is 11.4. The number of fused-ring (bicyclic) bond motifs is 1. The van der Waals surface area contributed by atoms with E-state index < -0.39 is 0 Å². The van der Waals surface area contributed by atoms with Gasteiger partial charge in [-0.05, 0) is 23.5 Å². The van der Waals surface area contributed by atoms with Gasteiger partial charge in [-0.25, -0.2) is 0 Å². The molecule has 0 heterocycles. The molecule has 0 aliphatic heterocycles. The van der Waals surface area contributed by atoms with Crippen molar-refractivity contribution in [3.8, 4) is 0 Å². The van der Waals surface area contributed by atoms with Crippen LogP contribution in [0.4, 0.5) is 0 Å². The fourth-order valence-electron chi connectivity index (χ4n) is 2.54. The van der Waals surface area contributed by atoms with Crippen molar-refractivity contribution in [2.24, 2.45) is 5.73 Å². The van der Waals surface area contributed by atoms with Gasteiger partial charge in [0, 0.05) is 24.2 Å². The summed E-state index contributed by atoms with van der Waals surface area (Å²) >= 11 is 1.95. The van der Waals surface area contributed by atoms with Crippen LogP contribution >= 0.6 is 11.8 Å². The van der Waals surface area contributed by atoms with Crippen molar-refractivity contribution in [1.29, 1.82) is 0 Å². The van der Waals surface area contributed by atoms with Gasteiger partial charge >= 0.3 is 0 Å². The topological polar surface area (TPSA) is 35.2 Å². The van der Waals surface area contributed by atoms with Gasteiger partial charge in [-0.3, -0.25) is 0 Å². The number of ether oxygens (including phenoxy) is 1. The lowest BCUT2D eigenvalue weighted by molar-refractivity contribution is 0.218. The van der Waals surface area contributed by atoms with Crippen LogP contribution in [0.1, 0.15) is 36.4 Å². The Kier molecular flexibility index (Phi) is 4.48. The third-order valence-electron chi connectivity index (χ3n) is 3.49. The van der Waals surface area contributed by atoms with Crippen molar-refractivity contribution in [1.82, 2.24) is 0 Å². The van der Waals surface area contributed by atoms with E-state index in [9.17, 15) is 0 Å². The Morgan fingerprint density at radius 1 is 1.35 bits per heavy atom. The van der Waals surface area contributed by atoms with Crippen LogP contribution in [-0.2, 0) is 4.74 Å². The van der Waals surface area contributed by atoms with E-state index in [0.717, 1.165) is 12.4 Å². The fourth-order valence-corrected chi connectivity index (χ4v) is 3.88. The highest BCUT2D eigenvalue weighted by Gasteiger charge is 2.30. The molecule has 2 rings (SSSR count). The first-order chi connectivity index (χ1) is 8.24. The van der Waals surface area contributed by atoms with Crippen LogP contribution in [0, 0.1) is 0 Å². The first-order valence-electron chi connectivity index (χ1n) is 6.19. The van der Waals surface area contributed by atoms with Crippen LogP contribution in [0.3, 0.4) is 0 Å². The molecule has 0 fully saturated rings. The summed E-state index contributed by atoms with van der Waals surface area (Å²) in [5.74, 6) is 1.65. The number of rotatable bonds is 4. The quantitative estimate of drug-likeness (QED) is 0.836. The van der Waals surface area contributed by atoms with Gasteiger partial charge in [-0.15, -0.1) is 0 Å². The molecule has 0 amide bonds. The molecule has 1 aliphatic rings. The van der Waals surface area contributed by atoms with Gasteiger partial charge < -0.3 is 10.5 Å². The number of benzene rings is 1. The Hall–Kier alpha value is -0.510. The van der Waals surface area contributed by atoms with Gasteiger partial charge in [0.2, 0.25) is 0 Å². The third-order valence-corrected chi connectivity index (χ3v) is 4.81. The highest BCUT2D eigenvalue weighted by Crippen LogP contribution is 2.41. The molecule has 3 atom stereocenters. The molecule has 0 saturated heterocycles. The molecule has 3 heteroatoms. The average Bonchev–Trinajstić information content (AvgIpc) is 2.36. The van der Waals surface area contributed by atoms with Gasteiger partial charge in [-0.2, -0.15) is 11.8 Å². The zero-order valence-electron chi connectivity index (χ0n) is 10.6. The van der Waals surface area contributed by atoms with Crippen molar-refractivity contribution in [3.63, 3.8) is 0 Å². The van der Waals surface area contributed by atoms with Crippen LogP contribution in [0.15, 0.2) is 24.3 Å². The van der Waals surface area contributed by atoms with E-state index >= 15 is 0 Å². The lowest BCUT2D eigenvalue weighted by atomic mass is 9.81. The molecule has 1 aromatic rings. The van der Waals surface area contributed by atoms with Crippen molar-refractivity contribution in [3.05, 3.63) is 35.4 Å². The summed E-state index contributed by atoms with van der Waals surface area (Å²) in [6.07, 6.45) is 1.17. The van der Waals surface area contributed by atoms with Crippen LogP contribution in [0.2, 0.25) is 0 Å². The van der Waals surface area contributed by atoms with Crippen molar-refractivity contribution < 1.29 is 4.74 Å². The Morgan fingerprint density at radius 2 is 2.06 bits per heavy atom. The molecule has 2 nitrogen and oxygen atoms in total. The van der Waals surface area contributed by atoms with Crippen LogP contribution in [0.25, 0.3) is 0 Å². The second-order valence-corrected chi connectivity index (χ2v) is 6.04. The fraction of sp³-hybridized carbons (Fsp3) is 0.571. The lowest BCUT2D eigenvalue weighted by Gasteiger charge is -2.34. The smallest absolute Gasteiger partial charge is 0.0553 e. The van der Waals surface area contributed by atoms with Gasteiger partial charge in [0.1, 0.15) is 0 Å². The third kappa shape index (κ3) is 2.84. The van der Waals surface area contributed by atoms with E-state index in [1.54, 1.807) is 7.11 Å². The minimum atomic E-state index is 0.171. The van der Waals surface area contributed by atoms with Gasteiger partial charge in [0.15, 0.2) is 0 Å². The minimum absolute atomic E-state index is 0.171. The first-order valence-corrected chi connectivity index (χ1v) is 7.24. The summed E-state index contributed by atoms with van der Waals surface area (Å²) in [4.78, 5) is 0. The number of hydrogen-bond acceptors (Lipinski definition) is 3. The summed E-state index contributed by atoms with van der Waals surface area (Å²) in [7, 11) is 1.75. The minimum Gasteiger partial charge on any atom is -0.384 e. The van der Waals surface area contributed by atoms with Gasteiger partial charge in [-0.1, -0.05) is 31.2 Å². The molecule has 1 aliphatic carbocycles. The van der Waals surface area contributed by atoms with Crippen LogP contribution in [0.5, 0.6) is 0 Å². The van der Waals surface area contributed by atoms with E-state index in [1.165, 1.54) is 17.5 Å². The Bertz CT molecular complexity index is 369. The van der Waals surface area contributed by atoms with E-state index in [0.29, 0.717) is 11.2 Å². The molecule has 0 radical (unpaired) electrons. The molecule has 0 spiro atoms. The van der Waals surface area contributed by atoms with Gasteiger partial charge in [0.05, 0.1) is 6.61 Å². The normalized spacial score (nSPS) is 27.8. The molecule has 1 aromatic carbocycles. The molecule has 0 aromatic heterocycles. The summed E-state index contributed by atoms with van der Waals surface area (Å²) in [5.41, 5.74) is 9.14. The lowest BCUT2D eigenvalue weighted by Crippen LogP contribution is -2.31. The monoisotopic (exact) mass is 251 g/mol. The Balaban J connectivity index is 2.09. The first kappa shape index (κ1) is 12.9. The zero-order chi connectivity index (χ0) is 12.3. The summed E-state index contributed by atoms with van der Waals surface area (Å²) in [5, 5.41) is 0.523. The standard InChI is InChI=1S/C14H21NOS/c1-10-9-13(17-8-7-16-2)14(15)12-6-4-3-5-11(10)12/h3-6,10,13-14H,7-9,15H2,1-2H3. The molecule has 17 heavy (non-hydrogen) atoms. The maximum absolute atomic E-state index is 6.37. The Labute approximate surface area is 108 Å². The molecular weight excluding hydrogens is 230 g/mol. The summed E-state index contributed by atoms with van der Waals surface area (Å²) < 4.78 is 5.10. The molecule has 0 bridgehead atoms. The number of methoxy groups -OCH3 is 1. The summed E-state index contributed by atoms with van der Waals surface area (Å²) in [6.45, 7) is 3.11. The number of hydrogen-bond donors (Lipinski definition) is 1. The maximum Gasteiger partial charge on any atom is 0.0553 e. The predicted octanol–water partition coefficient (Wildman–Crippen LogP) is 2.94. The highest BCUT2D eigenvalue weighted by atomic mass is 32.2. The largest absolute Gasteiger partial charge is 0.384 e. The molecule has 3 unspecified atom stereocenters. The van der Waals surface area contributed by atoms with E-state index in [-0.39, 0.29) is 6.04 Å². The van der Waals surface area contributed by atoms with E-state index in [2.05, 4.69) is 31.2 Å². The van der Waals surface area contributed by atoms with Crippen molar-refractivity contribution >= 4 is 11.8 Å². The van der Waals surface area contributed by atoms with Crippen molar-refractivity contribution in [2.45, 2.75) is 30.6 Å². The molecule has 94 valence electrons. The SMILES string of the molecule is COCCSC1CC(C)c2ccccc2C1N. The Morgan fingerprint density at radius 3 is 2.76 bits per heavy atom. The van der Waals surface area contributed by atoms with E-state index in [4.69, 9.17) is 10.5 Å². The van der Waals surface area contributed by atoms with E-state index in [1.807, 2.05) is 11.8 Å². The average molecular weight is 251 g/mol. The van der Waals surface area contributed by atoms with Gasteiger partial charge in [0.25, 0.3) is 0 Å². The second-order valence-electron chi connectivity index (χ2n) is 4.69. The number of nitrogens with two attached hydrogens (primary N) is 1. The predicted molar refractivity (Wildman–Crippen MR) is 74.5 cm³/mol. The maximum atomic E-state index is 6.37. The summed E-state index contributed by atoms with van der Waals surface area (Å²) in [6, 6.07) is 8.77. The molecule has 2 N–H and O–H groups in total. The highest BCUT2D eigenvalue weighted by molar-refractivity contribution is 7.99. The van der Waals surface area contributed by atoms with Crippen LogP contribution in [-0.4, -0.2) is 24.7 Å². The van der Waals surface area contributed by atoms with Crippen LogP contribution < -0.4 is 5.73 Å². The van der Waals surface area contributed by atoms with Crippen molar-refractivity contribution in [2.75, 3.05) is 19.5 Å². The number of thioether (sulfide) groups is 1. The molecule has 0 saturated carbocycles.